The van der Waals surface area contributed by atoms with E-state index >= 15 is 0 Å². The van der Waals surface area contributed by atoms with E-state index in [1.54, 1.807) is 0 Å². The average molecular weight is 345 g/mol. The van der Waals surface area contributed by atoms with Crippen LogP contribution in [0.15, 0.2) is 18.2 Å². The number of ether oxygens (including phenoxy) is 1. The molecule has 0 aromatic heterocycles. The van der Waals surface area contributed by atoms with Crippen LogP contribution in [-0.2, 0) is 16.0 Å². The predicted molar refractivity (Wildman–Crippen MR) is 97.9 cm³/mol. The lowest BCUT2D eigenvalue weighted by Crippen LogP contribution is -2.38. The lowest BCUT2D eigenvalue weighted by molar-refractivity contribution is -0.121. The Morgan fingerprint density at radius 3 is 2.88 bits per heavy atom. The lowest BCUT2D eigenvalue weighted by Gasteiger charge is -2.31. The Bertz CT molecular complexity index is 639. The van der Waals surface area contributed by atoms with Crippen LogP contribution in [0.1, 0.15) is 38.7 Å². The zero-order valence-electron chi connectivity index (χ0n) is 15.0. The maximum atomic E-state index is 12.5. The highest BCUT2D eigenvalue weighted by Gasteiger charge is 2.25. The van der Waals surface area contributed by atoms with Crippen LogP contribution in [0.3, 0.4) is 0 Å². The Kier molecular flexibility index (Phi) is 5.58. The van der Waals surface area contributed by atoms with Crippen LogP contribution >= 0.6 is 0 Å². The number of urea groups is 1. The van der Waals surface area contributed by atoms with Crippen molar-refractivity contribution >= 4 is 23.3 Å². The number of nitrogens with zero attached hydrogens (tertiary/aromatic N) is 1. The second-order valence-corrected chi connectivity index (χ2v) is 7.06. The number of amides is 3. The van der Waals surface area contributed by atoms with E-state index in [4.69, 9.17) is 4.74 Å². The van der Waals surface area contributed by atoms with Crippen molar-refractivity contribution in [2.75, 3.05) is 29.9 Å². The van der Waals surface area contributed by atoms with Gasteiger partial charge in [0.15, 0.2) is 0 Å². The molecule has 0 bridgehead atoms. The van der Waals surface area contributed by atoms with Gasteiger partial charge in [-0.3, -0.25) is 4.79 Å². The number of benzene rings is 1. The molecular weight excluding hydrogens is 318 g/mol. The highest BCUT2D eigenvalue weighted by molar-refractivity contribution is 5.97. The number of aryl methyl sites for hydroxylation is 1. The van der Waals surface area contributed by atoms with Gasteiger partial charge in [0, 0.05) is 37.0 Å². The van der Waals surface area contributed by atoms with Crippen LogP contribution in [0.2, 0.25) is 0 Å². The first kappa shape index (κ1) is 17.7. The fourth-order valence-corrected chi connectivity index (χ4v) is 3.38. The van der Waals surface area contributed by atoms with Gasteiger partial charge in [-0.25, -0.2) is 4.79 Å². The Hall–Kier alpha value is -2.08. The predicted octanol–water partition coefficient (Wildman–Crippen LogP) is 2.92. The Morgan fingerprint density at radius 1 is 1.32 bits per heavy atom. The number of anilines is 2. The van der Waals surface area contributed by atoms with Crippen LogP contribution < -0.4 is 15.5 Å². The van der Waals surface area contributed by atoms with Crippen LogP contribution in [0.5, 0.6) is 0 Å². The molecule has 1 saturated heterocycles. The first-order valence-electron chi connectivity index (χ1n) is 9.15. The zero-order chi connectivity index (χ0) is 17.8. The molecule has 136 valence electrons. The molecule has 2 aliphatic heterocycles. The maximum Gasteiger partial charge on any atom is 0.319 e. The van der Waals surface area contributed by atoms with E-state index in [9.17, 15) is 9.59 Å². The summed E-state index contributed by atoms with van der Waals surface area (Å²) in [7, 11) is 0. The molecule has 3 rings (SSSR count). The van der Waals surface area contributed by atoms with Gasteiger partial charge in [0.05, 0.1) is 6.10 Å². The van der Waals surface area contributed by atoms with Crippen molar-refractivity contribution < 1.29 is 14.3 Å². The Morgan fingerprint density at radius 2 is 2.16 bits per heavy atom. The number of fused-ring (bicyclic) bond motifs is 1. The number of hydrogen-bond acceptors (Lipinski definition) is 3. The number of hydrogen-bond donors (Lipinski definition) is 2. The van der Waals surface area contributed by atoms with Gasteiger partial charge in [-0.1, -0.05) is 19.9 Å². The van der Waals surface area contributed by atoms with E-state index in [0.29, 0.717) is 12.2 Å². The normalized spacial score (nSPS) is 19.6. The minimum Gasteiger partial charge on any atom is -0.376 e. The second-order valence-electron chi connectivity index (χ2n) is 7.06. The van der Waals surface area contributed by atoms with Crippen molar-refractivity contribution in [3.8, 4) is 0 Å². The van der Waals surface area contributed by atoms with E-state index in [1.807, 2.05) is 36.9 Å². The lowest BCUT2D eigenvalue weighted by atomic mass is 9.99. The smallest absolute Gasteiger partial charge is 0.319 e. The topological polar surface area (TPSA) is 70.7 Å². The fourth-order valence-electron chi connectivity index (χ4n) is 3.38. The van der Waals surface area contributed by atoms with Gasteiger partial charge in [-0.15, -0.1) is 0 Å². The molecule has 1 aromatic carbocycles. The largest absolute Gasteiger partial charge is 0.376 e. The summed E-state index contributed by atoms with van der Waals surface area (Å²) in [6, 6.07) is 5.56. The molecule has 1 aromatic rings. The van der Waals surface area contributed by atoms with Crippen LogP contribution in [0, 0.1) is 5.92 Å². The highest BCUT2D eigenvalue weighted by atomic mass is 16.5. The molecule has 6 heteroatoms. The number of carbonyl (C=O) groups is 2. The van der Waals surface area contributed by atoms with Crippen LogP contribution in [-0.4, -0.2) is 37.7 Å². The van der Waals surface area contributed by atoms with Crippen LogP contribution in [0.4, 0.5) is 16.2 Å². The summed E-state index contributed by atoms with van der Waals surface area (Å²) in [5.41, 5.74) is 2.78. The highest BCUT2D eigenvalue weighted by Crippen LogP contribution is 2.31. The monoisotopic (exact) mass is 345 g/mol. The molecule has 3 amide bonds. The molecule has 0 spiro atoms. The van der Waals surface area contributed by atoms with Gasteiger partial charge in [-0.2, -0.15) is 0 Å². The maximum absolute atomic E-state index is 12.5. The molecular formula is C19H27N3O3. The average Bonchev–Trinajstić information content (AvgIpc) is 3.12. The van der Waals surface area contributed by atoms with E-state index in [-0.39, 0.29) is 24.0 Å². The summed E-state index contributed by atoms with van der Waals surface area (Å²) in [4.78, 5) is 26.4. The van der Waals surface area contributed by atoms with Gasteiger partial charge in [0.25, 0.3) is 0 Å². The van der Waals surface area contributed by atoms with Crippen molar-refractivity contribution in [1.29, 1.82) is 0 Å². The molecule has 0 saturated carbocycles. The Labute approximate surface area is 148 Å². The molecule has 2 aliphatic rings. The van der Waals surface area contributed by atoms with Gasteiger partial charge < -0.3 is 20.3 Å². The summed E-state index contributed by atoms with van der Waals surface area (Å²) in [5, 5.41) is 5.71. The molecule has 25 heavy (non-hydrogen) atoms. The summed E-state index contributed by atoms with van der Waals surface area (Å²) < 4.78 is 5.50. The third-order valence-electron chi connectivity index (χ3n) is 4.74. The van der Waals surface area contributed by atoms with Crippen molar-refractivity contribution in [2.45, 2.75) is 45.6 Å². The Balaban J connectivity index is 1.65. The first-order chi connectivity index (χ1) is 12.0. The summed E-state index contributed by atoms with van der Waals surface area (Å²) in [6.07, 6.45) is 4.10. The van der Waals surface area contributed by atoms with E-state index in [0.717, 1.165) is 50.1 Å². The zero-order valence-corrected chi connectivity index (χ0v) is 15.0. The molecule has 0 radical (unpaired) electrons. The van der Waals surface area contributed by atoms with Gasteiger partial charge in [0.2, 0.25) is 5.91 Å². The van der Waals surface area contributed by atoms with E-state index in [2.05, 4.69) is 10.6 Å². The number of rotatable bonds is 4. The fraction of sp³-hybridized carbons (Fsp3) is 0.579. The SMILES string of the molecule is CC(C)C(=O)N1CCCc2ccc(NC(=O)NC[C@H]3CCCO3)cc21. The number of nitrogens with one attached hydrogen (secondary N) is 2. The van der Waals surface area contributed by atoms with E-state index in [1.165, 1.54) is 0 Å². The summed E-state index contributed by atoms with van der Waals surface area (Å²) in [5.74, 6) is 0.0817. The summed E-state index contributed by atoms with van der Waals surface area (Å²) in [6.45, 7) is 5.86. The molecule has 0 aliphatic carbocycles. The number of carbonyl (C=O) groups excluding carboxylic acids is 2. The standard InChI is InChI=1S/C19H27N3O3/c1-13(2)18(23)22-9-3-5-14-7-8-15(11-17(14)22)21-19(24)20-12-16-6-4-10-25-16/h7-8,11,13,16H,3-6,9-10,12H2,1-2H3,(H2,20,21,24)/t16-/m1/s1. The van der Waals surface area contributed by atoms with Gasteiger partial charge >= 0.3 is 6.03 Å². The van der Waals surface area contributed by atoms with E-state index < -0.39 is 0 Å². The van der Waals surface area contributed by atoms with Crippen molar-refractivity contribution in [3.63, 3.8) is 0 Å². The molecule has 6 nitrogen and oxygen atoms in total. The quantitative estimate of drug-likeness (QED) is 0.881. The molecule has 1 atom stereocenters. The molecule has 1 fully saturated rings. The molecule has 0 unspecified atom stereocenters. The molecule has 2 N–H and O–H groups in total. The first-order valence-corrected chi connectivity index (χ1v) is 9.15. The third kappa shape index (κ3) is 4.31. The minimum atomic E-state index is -0.243. The minimum absolute atomic E-state index is 0.0442. The molecule has 2 heterocycles. The second kappa shape index (κ2) is 7.87. The van der Waals surface area contributed by atoms with Gasteiger partial charge in [-0.05, 0) is 43.4 Å². The van der Waals surface area contributed by atoms with Crippen LogP contribution in [0.25, 0.3) is 0 Å². The van der Waals surface area contributed by atoms with Crippen molar-refractivity contribution in [2.24, 2.45) is 5.92 Å². The van der Waals surface area contributed by atoms with Crippen molar-refractivity contribution in [3.05, 3.63) is 23.8 Å². The third-order valence-corrected chi connectivity index (χ3v) is 4.74. The van der Waals surface area contributed by atoms with Crippen molar-refractivity contribution in [1.82, 2.24) is 5.32 Å². The summed E-state index contributed by atoms with van der Waals surface area (Å²) >= 11 is 0. The van der Waals surface area contributed by atoms with Gasteiger partial charge in [0.1, 0.15) is 0 Å².